The molecule has 10 heteroatoms. The Morgan fingerprint density at radius 1 is 1.14 bits per heavy atom. The highest BCUT2D eigenvalue weighted by molar-refractivity contribution is 9.10. The predicted octanol–water partition coefficient (Wildman–Crippen LogP) is 3.27. The maximum atomic E-state index is 12.3. The first kappa shape index (κ1) is 22.3. The van der Waals surface area contributed by atoms with Gasteiger partial charge in [-0.3, -0.25) is 10.1 Å². The number of methoxy groups -OCH3 is 1. The first-order valence-electron chi connectivity index (χ1n) is 8.20. The first-order chi connectivity index (χ1) is 13.1. The number of thiocarbonyl (C=S) groups is 1. The van der Waals surface area contributed by atoms with Gasteiger partial charge in [-0.1, -0.05) is 0 Å². The molecule has 0 radical (unpaired) electrons. The van der Waals surface area contributed by atoms with Crippen molar-refractivity contribution in [2.24, 2.45) is 0 Å². The number of benzene rings is 2. The van der Waals surface area contributed by atoms with Gasteiger partial charge in [-0.15, -0.1) is 0 Å². The van der Waals surface area contributed by atoms with Gasteiger partial charge in [0.1, 0.15) is 5.75 Å². The van der Waals surface area contributed by atoms with Crippen LogP contribution in [0.5, 0.6) is 5.75 Å². The summed E-state index contributed by atoms with van der Waals surface area (Å²) in [4.78, 5) is 12.4. The number of amides is 1. The van der Waals surface area contributed by atoms with Crippen LogP contribution in [-0.2, 0) is 10.0 Å². The Balaban J connectivity index is 2.01. The molecule has 0 atom stereocenters. The summed E-state index contributed by atoms with van der Waals surface area (Å²) in [6.45, 7) is 3.49. The molecule has 0 saturated carbocycles. The molecular formula is C18H20BrN3O4S2. The highest BCUT2D eigenvalue weighted by Gasteiger charge is 2.15. The van der Waals surface area contributed by atoms with Gasteiger partial charge in [-0.2, -0.15) is 0 Å². The number of carbonyl (C=O) groups is 1. The Morgan fingerprint density at radius 3 is 2.32 bits per heavy atom. The fourth-order valence-corrected chi connectivity index (χ4v) is 4.24. The number of halogens is 1. The van der Waals surface area contributed by atoms with E-state index in [0.717, 1.165) is 0 Å². The summed E-state index contributed by atoms with van der Waals surface area (Å²) in [7, 11) is -2.03. The first-order valence-corrected chi connectivity index (χ1v) is 10.9. The summed E-state index contributed by atoms with van der Waals surface area (Å²) in [6.07, 6.45) is 0. The molecule has 0 spiro atoms. The highest BCUT2D eigenvalue weighted by Crippen LogP contribution is 2.25. The maximum Gasteiger partial charge on any atom is 0.257 e. The molecular weight excluding hydrogens is 466 g/mol. The lowest BCUT2D eigenvalue weighted by Crippen LogP contribution is -2.34. The van der Waals surface area contributed by atoms with Crippen LogP contribution in [0.2, 0.25) is 0 Å². The van der Waals surface area contributed by atoms with E-state index in [9.17, 15) is 13.2 Å². The number of rotatable bonds is 6. The van der Waals surface area contributed by atoms with E-state index in [1.807, 2.05) is 0 Å². The second kappa shape index (κ2) is 9.46. The fourth-order valence-electron chi connectivity index (χ4n) is 2.24. The molecule has 0 fully saturated rings. The number of hydrogen-bond acceptors (Lipinski definition) is 5. The van der Waals surface area contributed by atoms with Crippen molar-refractivity contribution in [3.8, 4) is 5.75 Å². The number of hydrogen-bond donors (Lipinski definition) is 3. The average Bonchev–Trinajstić information content (AvgIpc) is 2.60. The van der Waals surface area contributed by atoms with Crippen LogP contribution < -0.4 is 20.1 Å². The van der Waals surface area contributed by atoms with E-state index < -0.39 is 10.0 Å². The number of ether oxygens (including phenoxy) is 1. The zero-order chi connectivity index (χ0) is 20.9. The molecule has 28 heavy (non-hydrogen) atoms. The molecule has 1 amide bonds. The zero-order valence-corrected chi connectivity index (χ0v) is 18.7. The Bertz CT molecular complexity index is 977. The smallest absolute Gasteiger partial charge is 0.257 e. The largest absolute Gasteiger partial charge is 0.496 e. The molecule has 2 aromatic rings. The van der Waals surface area contributed by atoms with Crippen molar-refractivity contribution < 1.29 is 17.9 Å². The van der Waals surface area contributed by atoms with Crippen LogP contribution in [0, 0.1) is 0 Å². The molecule has 0 unspecified atom stereocenters. The number of carbonyl (C=O) groups excluding carboxylic acids is 1. The summed E-state index contributed by atoms with van der Waals surface area (Å²) < 4.78 is 32.5. The fraction of sp³-hybridized carbons (Fsp3) is 0.222. The molecule has 0 heterocycles. The summed E-state index contributed by atoms with van der Waals surface area (Å²) in [5, 5.41) is 5.51. The number of anilines is 1. The lowest BCUT2D eigenvalue weighted by Gasteiger charge is -2.12. The minimum Gasteiger partial charge on any atom is -0.496 e. The third-order valence-corrected chi connectivity index (χ3v) is 5.95. The van der Waals surface area contributed by atoms with Crippen molar-refractivity contribution in [3.63, 3.8) is 0 Å². The molecule has 2 rings (SSSR count). The molecule has 0 aliphatic rings. The van der Waals surface area contributed by atoms with E-state index in [1.54, 1.807) is 44.2 Å². The quantitative estimate of drug-likeness (QED) is 0.543. The standard InChI is InChI=1S/C18H20BrN3O4S2/c1-11(2)22-28(24,25)14-7-5-13(6-8-14)20-18(27)21-17(23)12-4-9-16(26-3)15(19)10-12/h4-11,22H,1-3H3,(H2,20,21,23,27). The topological polar surface area (TPSA) is 96.5 Å². The molecule has 150 valence electrons. The van der Waals surface area contributed by atoms with E-state index in [1.165, 1.54) is 19.2 Å². The Hall–Kier alpha value is -2.01. The average molecular weight is 486 g/mol. The molecule has 0 aromatic heterocycles. The van der Waals surface area contributed by atoms with Crippen LogP contribution >= 0.6 is 28.1 Å². The van der Waals surface area contributed by atoms with Gasteiger partial charge in [-0.25, -0.2) is 13.1 Å². The van der Waals surface area contributed by atoms with Crippen molar-refractivity contribution in [1.29, 1.82) is 0 Å². The van der Waals surface area contributed by atoms with E-state index in [-0.39, 0.29) is 22.0 Å². The maximum absolute atomic E-state index is 12.3. The summed E-state index contributed by atoms with van der Waals surface area (Å²) in [5.74, 6) is 0.223. The van der Waals surface area contributed by atoms with Gasteiger partial charge in [0.15, 0.2) is 5.11 Å². The van der Waals surface area contributed by atoms with Crippen LogP contribution in [0.4, 0.5) is 5.69 Å². The molecule has 2 aromatic carbocycles. The normalized spacial score (nSPS) is 11.2. The van der Waals surface area contributed by atoms with E-state index >= 15 is 0 Å². The second-order valence-electron chi connectivity index (χ2n) is 6.06. The Labute approximate surface area is 178 Å². The third kappa shape index (κ3) is 5.99. The highest BCUT2D eigenvalue weighted by atomic mass is 79.9. The van der Waals surface area contributed by atoms with Crippen molar-refractivity contribution >= 4 is 54.9 Å². The molecule has 0 bridgehead atoms. The van der Waals surface area contributed by atoms with Gasteiger partial charge < -0.3 is 10.1 Å². The van der Waals surface area contributed by atoms with Crippen LogP contribution in [-0.4, -0.2) is 32.6 Å². The Morgan fingerprint density at radius 2 is 1.79 bits per heavy atom. The Kier molecular flexibility index (Phi) is 7.53. The van der Waals surface area contributed by atoms with Gasteiger partial charge >= 0.3 is 0 Å². The third-order valence-electron chi connectivity index (χ3n) is 3.45. The SMILES string of the molecule is COc1ccc(C(=O)NC(=S)Nc2ccc(S(=O)(=O)NC(C)C)cc2)cc1Br. The molecule has 3 N–H and O–H groups in total. The van der Waals surface area contributed by atoms with Crippen molar-refractivity contribution in [2.45, 2.75) is 24.8 Å². The van der Waals surface area contributed by atoms with Gasteiger partial charge in [0.05, 0.1) is 16.5 Å². The van der Waals surface area contributed by atoms with Crippen molar-refractivity contribution in [2.75, 3.05) is 12.4 Å². The van der Waals surface area contributed by atoms with Crippen molar-refractivity contribution in [3.05, 3.63) is 52.5 Å². The molecule has 7 nitrogen and oxygen atoms in total. The van der Waals surface area contributed by atoms with Gasteiger partial charge in [0, 0.05) is 17.3 Å². The monoisotopic (exact) mass is 485 g/mol. The van der Waals surface area contributed by atoms with Gasteiger partial charge in [0.25, 0.3) is 5.91 Å². The lowest BCUT2D eigenvalue weighted by atomic mass is 10.2. The van der Waals surface area contributed by atoms with Gasteiger partial charge in [0.2, 0.25) is 10.0 Å². The van der Waals surface area contributed by atoms with Crippen molar-refractivity contribution in [1.82, 2.24) is 10.0 Å². The molecule has 0 saturated heterocycles. The summed E-state index contributed by atoms with van der Waals surface area (Å²) >= 11 is 8.47. The molecule has 0 aliphatic carbocycles. The predicted molar refractivity (Wildman–Crippen MR) is 116 cm³/mol. The minimum absolute atomic E-state index is 0.0906. The van der Waals surface area contributed by atoms with Crippen LogP contribution in [0.1, 0.15) is 24.2 Å². The number of sulfonamides is 1. The minimum atomic E-state index is -3.56. The van der Waals surface area contributed by atoms with E-state index in [2.05, 4.69) is 31.3 Å². The summed E-state index contributed by atoms with van der Waals surface area (Å²) in [6, 6.07) is 10.7. The summed E-state index contributed by atoms with van der Waals surface area (Å²) in [5.41, 5.74) is 0.947. The van der Waals surface area contributed by atoms with E-state index in [4.69, 9.17) is 17.0 Å². The van der Waals surface area contributed by atoms with E-state index in [0.29, 0.717) is 21.5 Å². The zero-order valence-electron chi connectivity index (χ0n) is 15.4. The second-order valence-corrected chi connectivity index (χ2v) is 9.03. The van der Waals surface area contributed by atoms with Gasteiger partial charge in [-0.05, 0) is 84.5 Å². The molecule has 0 aliphatic heterocycles. The van der Waals surface area contributed by atoms with Crippen LogP contribution in [0.15, 0.2) is 51.8 Å². The lowest BCUT2D eigenvalue weighted by molar-refractivity contribution is 0.0977. The van der Waals surface area contributed by atoms with Crippen LogP contribution in [0.3, 0.4) is 0 Å². The number of nitrogens with one attached hydrogen (secondary N) is 3. The van der Waals surface area contributed by atoms with Crippen LogP contribution in [0.25, 0.3) is 0 Å².